The maximum absolute atomic E-state index is 12.1. The molecule has 0 aliphatic carbocycles. The first-order valence-electron chi connectivity index (χ1n) is 9.21. The molecule has 0 radical (unpaired) electrons. The maximum atomic E-state index is 12.1. The van der Waals surface area contributed by atoms with Gasteiger partial charge >= 0.3 is 11.9 Å². The fourth-order valence-electron chi connectivity index (χ4n) is 3.09. The number of rotatable bonds is 5. The van der Waals surface area contributed by atoms with E-state index in [1.54, 1.807) is 6.07 Å². The Morgan fingerprint density at radius 3 is 2.24 bits per heavy atom. The summed E-state index contributed by atoms with van der Waals surface area (Å²) in [5, 5.41) is 4.00. The van der Waals surface area contributed by atoms with Crippen molar-refractivity contribution < 1.29 is 19.1 Å². The van der Waals surface area contributed by atoms with Crippen LogP contribution in [0, 0.1) is 0 Å². The summed E-state index contributed by atoms with van der Waals surface area (Å²) >= 11 is 0. The number of ether oxygens (including phenoxy) is 2. The molecule has 4 aromatic carbocycles. The lowest BCUT2D eigenvalue weighted by atomic mass is 10.1. The minimum atomic E-state index is -0.635. The molecular weight excluding hydrogens is 364 g/mol. The monoisotopic (exact) mass is 382 g/mol. The van der Waals surface area contributed by atoms with Gasteiger partial charge in [-0.05, 0) is 33.9 Å². The second kappa shape index (κ2) is 8.40. The molecule has 29 heavy (non-hydrogen) atoms. The van der Waals surface area contributed by atoms with Crippen LogP contribution in [0.1, 0.15) is 5.56 Å². The third-order valence-corrected chi connectivity index (χ3v) is 4.51. The number of fused-ring (bicyclic) bond motifs is 2. The highest BCUT2D eigenvalue weighted by molar-refractivity contribution is 5.95. The van der Waals surface area contributed by atoms with Crippen molar-refractivity contribution in [2.45, 2.75) is 6.61 Å². The van der Waals surface area contributed by atoms with Gasteiger partial charge in [0.05, 0.1) is 0 Å². The van der Waals surface area contributed by atoms with Crippen molar-refractivity contribution in [3.05, 3.63) is 103 Å². The van der Waals surface area contributed by atoms with Crippen LogP contribution in [0.4, 0.5) is 0 Å². The predicted octanol–water partition coefficient (Wildman–Crippen LogP) is 5.20. The van der Waals surface area contributed by atoms with Crippen molar-refractivity contribution in [2.24, 2.45) is 0 Å². The molecule has 4 nitrogen and oxygen atoms in total. The SMILES string of the molecule is O=C(/C=C/C(=O)Oc1cccc2ccccc12)OCc1ccc2ccccc2c1. The van der Waals surface area contributed by atoms with E-state index in [2.05, 4.69) is 0 Å². The average molecular weight is 382 g/mol. The van der Waals surface area contributed by atoms with Gasteiger partial charge in [0.25, 0.3) is 0 Å². The highest BCUT2D eigenvalue weighted by Gasteiger charge is 2.07. The third-order valence-electron chi connectivity index (χ3n) is 4.51. The molecule has 0 aliphatic rings. The first kappa shape index (κ1) is 18.4. The Bertz CT molecular complexity index is 1220. The Kier molecular flexibility index (Phi) is 5.34. The largest absolute Gasteiger partial charge is 0.458 e. The second-order valence-electron chi connectivity index (χ2n) is 6.52. The number of hydrogen-bond acceptors (Lipinski definition) is 4. The van der Waals surface area contributed by atoms with Gasteiger partial charge in [-0.1, -0.05) is 72.8 Å². The number of carbonyl (C=O) groups excluding carboxylic acids is 2. The minimum Gasteiger partial charge on any atom is -0.458 e. The van der Waals surface area contributed by atoms with Crippen LogP contribution in [0.5, 0.6) is 5.75 Å². The maximum Gasteiger partial charge on any atom is 0.336 e. The van der Waals surface area contributed by atoms with Gasteiger partial charge in [0.2, 0.25) is 0 Å². The van der Waals surface area contributed by atoms with Gasteiger partial charge in [-0.2, -0.15) is 0 Å². The zero-order valence-electron chi connectivity index (χ0n) is 15.6. The summed E-state index contributed by atoms with van der Waals surface area (Å²) in [6, 6.07) is 26.9. The van der Waals surface area contributed by atoms with E-state index in [4.69, 9.17) is 9.47 Å². The van der Waals surface area contributed by atoms with Crippen LogP contribution >= 0.6 is 0 Å². The topological polar surface area (TPSA) is 52.6 Å². The number of hydrogen-bond donors (Lipinski definition) is 0. The summed E-state index contributed by atoms with van der Waals surface area (Å²) in [6.45, 7) is 0.131. The molecule has 0 saturated carbocycles. The summed E-state index contributed by atoms with van der Waals surface area (Å²) in [4.78, 5) is 24.0. The highest BCUT2D eigenvalue weighted by atomic mass is 16.5. The second-order valence-corrected chi connectivity index (χ2v) is 6.52. The van der Waals surface area contributed by atoms with Gasteiger partial charge in [-0.15, -0.1) is 0 Å². The van der Waals surface area contributed by atoms with Crippen LogP contribution in [0.2, 0.25) is 0 Å². The molecule has 0 aromatic heterocycles. The fraction of sp³-hybridized carbons (Fsp3) is 0.0400. The van der Waals surface area contributed by atoms with E-state index in [9.17, 15) is 9.59 Å². The smallest absolute Gasteiger partial charge is 0.336 e. The Hall–Kier alpha value is -3.92. The zero-order valence-corrected chi connectivity index (χ0v) is 15.6. The molecule has 0 N–H and O–H groups in total. The Balaban J connectivity index is 1.35. The molecule has 0 fully saturated rings. The molecule has 0 bridgehead atoms. The molecule has 0 atom stereocenters. The van der Waals surface area contributed by atoms with Crippen molar-refractivity contribution >= 4 is 33.5 Å². The van der Waals surface area contributed by atoms with Crippen molar-refractivity contribution in [2.75, 3.05) is 0 Å². The summed E-state index contributed by atoms with van der Waals surface area (Å²) in [5.74, 6) is -0.792. The molecular formula is C25H18O4. The van der Waals surface area contributed by atoms with Crippen molar-refractivity contribution in [1.82, 2.24) is 0 Å². The molecule has 142 valence electrons. The van der Waals surface area contributed by atoms with Gasteiger partial charge in [-0.3, -0.25) is 0 Å². The zero-order chi connectivity index (χ0) is 20.1. The highest BCUT2D eigenvalue weighted by Crippen LogP contribution is 2.25. The van der Waals surface area contributed by atoms with Crippen LogP contribution < -0.4 is 4.74 Å². The number of esters is 2. The van der Waals surface area contributed by atoms with Gasteiger partial charge in [-0.25, -0.2) is 9.59 Å². The molecule has 0 heterocycles. The third kappa shape index (κ3) is 4.50. The summed E-state index contributed by atoms with van der Waals surface area (Å²) in [6.07, 6.45) is 2.15. The molecule has 0 unspecified atom stereocenters. The molecule has 0 saturated heterocycles. The van der Waals surface area contributed by atoms with E-state index >= 15 is 0 Å². The van der Waals surface area contributed by atoms with Gasteiger partial charge in [0.1, 0.15) is 12.4 Å². The Morgan fingerprint density at radius 1 is 0.690 bits per heavy atom. The summed E-state index contributed by atoms with van der Waals surface area (Å²) in [7, 11) is 0. The normalized spacial score (nSPS) is 11.0. The van der Waals surface area contributed by atoms with Crippen molar-refractivity contribution in [1.29, 1.82) is 0 Å². The molecule has 0 amide bonds. The lowest BCUT2D eigenvalue weighted by Gasteiger charge is -2.06. The predicted molar refractivity (Wildman–Crippen MR) is 112 cm³/mol. The molecule has 0 aliphatic heterocycles. The van der Waals surface area contributed by atoms with Crippen LogP contribution in [0.3, 0.4) is 0 Å². The van der Waals surface area contributed by atoms with Gasteiger partial charge in [0, 0.05) is 17.5 Å². The minimum absolute atomic E-state index is 0.131. The Morgan fingerprint density at radius 2 is 1.38 bits per heavy atom. The van der Waals surface area contributed by atoms with Crippen LogP contribution in [-0.2, 0) is 20.9 Å². The lowest BCUT2D eigenvalue weighted by Crippen LogP contribution is -2.07. The quantitative estimate of drug-likeness (QED) is 0.270. The van der Waals surface area contributed by atoms with Gasteiger partial charge < -0.3 is 9.47 Å². The van der Waals surface area contributed by atoms with Gasteiger partial charge in [0.15, 0.2) is 0 Å². The van der Waals surface area contributed by atoms with E-state index in [-0.39, 0.29) is 6.61 Å². The number of carbonyl (C=O) groups is 2. The molecule has 4 rings (SSSR count). The molecule has 0 spiro atoms. The average Bonchev–Trinajstić information content (AvgIpc) is 2.76. The lowest BCUT2D eigenvalue weighted by molar-refractivity contribution is -0.139. The summed E-state index contributed by atoms with van der Waals surface area (Å²) in [5.41, 5.74) is 0.879. The van der Waals surface area contributed by atoms with Crippen LogP contribution in [0.25, 0.3) is 21.5 Å². The van der Waals surface area contributed by atoms with Crippen LogP contribution in [0.15, 0.2) is 97.1 Å². The van der Waals surface area contributed by atoms with E-state index in [1.807, 2.05) is 78.9 Å². The van der Waals surface area contributed by atoms with Crippen LogP contribution in [-0.4, -0.2) is 11.9 Å². The first-order valence-corrected chi connectivity index (χ1v) is 9.21. The van der Waals surface area contributed by atoms with Crippen molar-refractivity contribution in [3.63, 3.8) is 0 Å². The summed E-state index contributed by atoms with van der Waals surface area (Å²) < 4.78 is 10.6. The first-order chi connectivity index (χ1) is 14.2. The molecule has 4 heteroatoms. The van der Waals surface area contributed by atoms with Crippen molar-refractivity contribution in [3.8, 4) is 5.75 Å². The van der Waals surface area contributed by atoms with E-state index < -0.39 is 11.9 Å². The van der Waals surface area contributed by atoms with E-state index in [0.29, 0.717) is 5.75 Å². The van der Waals surface area contributed by atoms with E-state index in [0.717, 1.165) is 39.3 Å². The van der Waals surface area contributed by atoms with E-state index in [1.165, 1.54) is 0 Å². The standard InChI is InChI=1S/C25H18O4/c26-24(28-17-18-12-13-19-6-1-2-8-21(19)16-18)14-15-25(27)29-23-11-5-9-20-7-3-4-10-22(20)23/h1-16H,17H2/b15-14+. The fourth-order valence-corrected chi connectivity index (χ4v) is 3.09. The number of benzene rings is 4. The molecule has 4 aromatic rings. The Labute approximate surface area is 168 Å².